The molecule has 37 heavy (non-hydrogen) atoms. The quantitative estimate of drug-likeness (QED) is 0.286. The minimum Gasteiger partial charge on any atom is -0.494 e. The summed E-state index contributed by atoms with van der Waals surface area (Å²) in [6, 6.07) is 24.7. The van der Waals surface area contributed by atoms with Crippen LogP contribution in [0.1, 0.15) is 57.7 Å². The molecular weight excluding hydrogens is 464 g/mol. The molecule has 0 aromatic heterocycles. The van der Waals surface area contributed by atoms with Crippen LogP contribution in [0.15, 0.2) is 78.9 Å². The lowest BCUT2D eigenvalue weighted by atomic mass is 9.84. The number of para-hydroxylation sites is 1. The van der Waals surface area contributed by atoms with Crippen LogP contribution in [0.3, 0.4) is 0 Å². The van der Waals surface area contributed by atoms with E-state index < -0.39 is 18.1 Å². The number of unbranched alkanes of at least 4 members (excludes halogenated alkanes) is 1. The second-order valence-corrected chi connectivity index (χ2v) is 10.7. The van der Waals surface area contributed by atoms with Gasteiger partial charge in [-0.25, -0.2) is 9.96 Å². The van der Waals surface area contributed by atoms with Gasteiger partial charge in [-0.2, -0.15) is 0 Å². The Morgan fingerprint density at radius 3 is 2.14 bits per heavy atom. The highest BCUT2D eigenvalue weighted by Crippen LogP contribution is 2.47. The van der Waals surface area contributed by atoms with Crippen LogP contribution in [-0.4, -0.2) is 24.5 Å². The zero-order valence-electron chi connectivity index (χ0n) is 21.9. The average Bonchev–Trinajstić information content (AvgIpc) is 3.41. The molecule has 5 rings (SSSR count). The Labute approximate surface area is 218 Å². The second kappa shape index (κ2) is 10.0. The Bertz CT molecular complexity index is 1250. The molecule has 6 heteroatoms. The largest absolute Gasteiger partial charge is 0.494 e. The number of nitrogens with zero attached hydrogens (tertiary/aromatic N) is 2. The van der Waals surface area contributed by atoms with Crippen molar-refractivity contribution in [3.63, 3.8) is 0 Å². The molecule has 0 N–H and O–H groups in total. The maximum Gasteiger partial charge on any atom is 0.266 e. The number of carbonyl (C=O) groups excluding carboxylic acids is 2. The van der Waals surface area contributed by atoms with Gasteiger partial charge in [0.15, 0.2) is 6.10 Å². The molecule has 2 heterocycles. The number of imide groups is 1. The van der Waals surface area contributed by atoms with Crippen molar-refractivity contribution in [2.75, 3.05) is 16.6 Å². The lowest BCUT2D eigenvalue weighted by Gasteiger charge is -2.29. The van der Waals surface area contributed by atoms with Crippen LogP contribution < -0.4 is 14.7 Å². The molecule has 0 aliphatic carbocycles. The van der Waals surface area contributed by atoms with Crippen LogP contribution in [0, 0.1) is 5.92 Å². The van der Waals surface area contributed by atoms with Crippen LogP contribution in [0.25, 0.3) is 0 Å². The molecule has 6 nitrogen and oxygen atoms in total. The Hall–Kier alpha value is -3.64. The summed E-state index contributed by atoms with van der Waals surface area (Å²) in [4.78, 5) is 34.9. The van der Waals surface area contributed by atoms with Gasteiger partial charge in [-0.05, 0) is 59.4 Å². The van der Waals surface area contributed by atoms with Gasteiger partial charge in [-0.15, -0.1) is 0 Å². The van der Waals surface area contributed by atoms with Gasteiger partial charge in [0.1, 0.15) is 11.7 Å². The van der Waals surface area contributed by atoms with Crippen molar-refractivity contribution in [1.29, 1.82) is 0 Å². The maximum absolute atomic E-state index is 13.8. The molecule has 3 atom stereocenters. The second-order valence-electron chi connectivity index (χ2n) is 10.7. The standard InChI is InChI=1S/C31H34N2O4/c1-5-6-20-36-25-18-16-23(17-19-25)32-29(34)26-27(21-12-14-22(15-13-21)31(2,3)4)33(37-28(26)30(32)35)24-10-8-7-9-11-24/h7-19,26-28H,5-6,20H2,1-4H3/t26-,27-,28+/m1/s1. The number of fused-ring (bicyclic) bond motifs is 1. The molecule has 3 aromatic rings. The van der Waals surface area contributed by atoms with E-state index in [1.807, 2.05) is 30.3 Å². The third-order valence-corrected chi connectivity index (χ3v) is 7.11. The van der Waals surface area contributed by atoms with Gasteiger partial charge >= 0.3 is 0 Å². The van der Waals surface area contributed by atoms with Crippen LogP contribution in [0.4, 0.5) is 11.4 Å². The summed E-state index contributed by atoms with van der Waals surface area (Å²) in [5.74, 6) is -0.532. The average molecular weight is 499 g/mol. The van der Waals surface area contributed by atoms with E-state index >= 15 is 0 Å². The van der Waals surface area contributed by atoms with Crippen LogP contribution in [-0.2, 0) is 19.8 Å². The van der Waals surface area contributed by atoms with Gasteiger partial charge < -0.3 is 4.74 Å². The number of hydroxylamine groups is 1. The summed E-state index contributed by atoms with van der Waals surface area (Å²) in [6.07, 6.45) is 1.14. The number of amides is 2. The number of ether oxygens (including phenoxy) is 1. The van der Waals surface area contributed by atoms with E-state index in [9.17, 15) is 9.59 Å². The van der Waals surface area contributed by atoms with Gasteiger partial charge in [0.05, 0.1) is 24.0 Å². The number of rotatable bonds is 7. The molecule has 3 aromatic carbocycles. The normalized spacial score (nSPS) is 21.5. The fourth-order valence-electron chi connectivity index (χ4n) is 5.01. The van der Waals surface area contributed by atoms with E-state index in [1.54, 1.807) is 29.3 Å². The van der Waals surface area contributed by atoms with Crippen LogP contribution in [0.2, 0.25) is 0 Å². The summed E-state index contributed by atoms with van der Waals surface area (Å²) in [7, 11) is 0. The Balaban J connectivity index is 1.47. The predicted octanol–water partition coefficient (Wildman–Crippen LogP) is 6.21. The summed E-state index contributed by atoms with van der Waals surface area (Å²) in [5, 5.41) is 1.74. The molecular formula is C31H34N2O4. The van der Waals surface area contributed by atoms with Gasteiger partial charge in [0, 0.05) is 0 Å². The summed E-state index contributed by atoms with van der Waals surface area (Å²) < 4.78 is 5.74. The number of benzene rings is 3. The molecule has 2 fully saturated rings. The highest BCUT2D eigenvalue weighted by molar-refractivity contribution is 6.23. The Morgan fingerprint density at radius 1 is 0.838 bits per heavy atom. The molecule has 2 aliphatic rings. The monoisotopic (exact) mass is 498 g/mol. The lowest BCUT2D eigenvalue weighted by molar-refractivity contribution is -0.126. The first kappa shape index (κ1) is 25.0. The van der Waals surface area contributed by atoms with Crippen molar-refractivity contribution in [3.05, 3.63) is 90.0 Å². The van der Waals surface area contributed by atoms with E-state index in [-0.39, 0.29) is 17.2 Å². The zero-order valence-corrected chi connectivity index (χ0v) is 21.9. The fourth-order valence-corrected chi connectivity index (χ4v) is 5.01. The van der Waals surface area contributed by atoms with Crippen molar-refractivity contribution >= 4 is 23.2 Å². The van der Waals surface area contributed by atoms with Crippen LogP contribution in [0.5, 0.6) is 5.75 Å². The minimum atomic E-state index is -0.888. The minimum absolute atomic E-state index is 0.00865. The lowest BCUT2D eigenvalue weighted by Crippen LogP contribution is -2.37. The number of hydrogen-bond donors (Lipinski definition) is 0. The topological polar surface area (TPSA) is 59.1 Å². The molecule has 0 saturated carbocycles. The first-order valence-corrected chi connectivity index (χ1v) is 13.0. The number of carbonyl (C=O) groups is 2. The molecule has 0 bridgehead atoms. The van der Waals surface area contributed by atoms with E-state index in [4.69, 9.17) is 9.57 Å². The molecule has 2 aliphatic heterocycles. The van der Waals surface area contributed by atoms with Crippen molar-refractivity contribution in [2.45, 2.75) is 58.1 Å². The third-order valence-electron chi connectivity index (χ3n) is 7.11. The third kappa shape index (κ3) is 4.74. The summed E-state index contributed by atoms with van der Waals surface area (Å²) >= 11 is 0. The summed E-state index contributed by atoms with van der Waals surface area (Å²) in [5.41, 5.74) is 3.49. The van der Waals surface area contributed by atoms with Crippen molar-refractivity contribution < 1.29 is 19.2 Å². The van der Waals surface area contributed by atoms with Crippen molar-refractivity contribution in [2.24, 2.45) is 5.92 Å². The van der Waals surface area contributed by atoms with Gasteiger partial charge in [0.2, 0.25) is 5.91 Å². The first-order chi connectivity index (χ1) is 17.8. The van der Waals surface area contributed by atoms with Gasteiger partial charge in [-0.1, -0.05) is 76.6 Å². The fraction of sp³-hybridized carbons (Fsp3) is 0.355. The van der Waals surface area contributed by atoms with Gasteiger partial charge in [0.25, 0.3) is 5.91 Å². The van der Waals surface area contributed by atoms with Gasteiger partial charge in [-0.3, -0.25) is 14.4 Å². The molecule has 2 saturated heterocycles. The Kier molecular flexibility index (Phi) is 6.78. The molecule has 192 valence electrons. The van der Waals surface area contributed by atoms with Crippen molar-refractivity contribution in [1.82, 2.24) is 0 Å². The zero-order chi connectivity index (χ0) is 26.2. The van der Waals surface area contributed by atoms with E-state index in [2.05, 4.69) is 52.0 Å². The Morgan fingerprint density at radius 2 is 1.51 bits per heavy atom. The molecule has 2 amide bonds. The van der Waals surface area contributed by atoms with Crippen molar-refractivity contribution in [3.8, 4) is 5.75 Å². The smallest absolute Gasteiger partial charge is 0.266 e. The highest BCUT2D eigenvalue weighted by atomic mass is 16.7. The molecule has 0 unspecified atom stereocenters. The highest BCUT2D eigenvalue weighted by Gasteiger charge is 2.60. The SMILES string of the molecule is CCCCOc1ccc(N2C(=O)[C@H]3[C@H](ON(c4ccccc4)[C@@H]3c3ccc(C(C)(C)C)cc3)C2=O)cc1. The predicted molar refractivity (Wildman–Crippen MR) is 145 cm³/mol. The van der Waals surface area contributed by atoms with E-state index in [0.29, 0.717) is 12.3 Å². The van der Waals surface area contributed by atoms with E-state index in [1.165, 1.54) is 10.5 Å². The molecule has 0 spiro atoms. The first-order valence-electron chi connectivity index (χ1n) is 13.0. The molecule has 0 radical (unpaired) electrons. The van der Waals surface area contributed by atoms with Crippen LogP contribution >= 0.6 is 0 Å². The maximum atomic E-state index is 13.8. The summed E-state index contributed by atoms with van der Waals surface area (Å²) in [6.45, 7) is 9.26. The number of hydrogen-bond acceptors (Lipinski definition) is 5. The number of anilines is 2. The van der Waals surface area contributed by atoms with E-state index in [0.717, 1.165) is 29.8 Å².